The van der Waals surface area contributed by atoms with Crippen LogP contribution in [0.3, 0.4) is 0 Å². The molecule has 1 aromatic heterocycles. The minimum Gasteiger partial charge on any atom is -0.500 e. The van der Waals surface area contributed by atoms with Crippen LogP contribution in [-0.2, 0) is 11.2 Å². The Bertz CT molecular complexity index is 1010. The fourth-order valence-electron chi connectivity index (χ4n) is 1.99. The summed E-state index contributed by atoms with van der Waals surface area (Å²) in [6.45, 7) is 0. The predicted octanol–water partition coefficient (Wildman–Crippen LogP) is -0.837. The van der Waals surface area contributed by atoms with Crippen molar-refractivity contribution in [2.24, 2.45) is 5.10 Å². The summed E-state index contributed by atoms with van der Waals surface area (Å²) >= 11 is 0. The number of aromatic nitrogens is 3. The maximum atomic E-state index is 11.7. The van der Waals surface area contributed by atoms with E-state index in [1.54, 1.807) is 0 Å². The average Bonchev–Trinajstić information content (AvgIpc) is 2.61. The molecule has 0 spiro atoms. The van der Waals surface area contributed by atoms with Gasteiger partial charge in [-0.2, -0.15) is 10.2 Å². The number of hydrazone groups is 1. The number of phenols is 1. The quantitative estimate of drug-likeness (QED) is 0.272. The first-order chi connectivity index (χ1) is 12.8. The molecule has 0 saturated heterocycles. The van der Waals surface area contributed by atoms with Crippen LogP contribution < -0.4 is 21.4 Å². The molecule has 0 unspecified atom stereocenters. The zero-order chi connectivity index (χ0) is 20.0. The number of hydrogen-bond donors (Lipinski definition) is 4. The summed E-state index contributed by atoms with van der Waals surface area (Å²) in [4.78, 5) is 46.1. The Kier molecular flexibility index (Phi) is 5.98. The number of phenolic OH excluding ortho intramolecular Hbond substituents is 1. The number of nitrogens with zero attached hydrogens (tertiary/aromatic N) is 3. The van der Waals surface area contributed by atoms with Crippen LogP contribution in [-0.4, -0.2) is 44.4 Å². The second-order valence-electron chi connectivity index (χ2n) is 5.09. The maximum absolute atomic E-state index is 11.7. The number of aromatic hydroxyl groups is 1. The molecule has 0 aliphatic rings. The number of aromatic amines is 2. The van der Waals surface area contributed by atoms with E-state index in [0.29, 0.717) is 0 Å². The Morgan fingerprint density at radius 3 is 2.85 bits per heavy atom. The molecule has 13 nitrogen and oxygen atoms in total. The molecule has 1 amide bonds. The minimum atomic E-state index is -0.789. The number of carbonyl (C=O) groups is 1. The molecular weight excluding hydrogens is 364 g/mol. The lowest BCUT2D eigenvalue weighted by molar-refractivity contribution is -0.386. The molecule has 0 bridgehead atoms. The Balaban J connectivity index is 2.01. The SMILES string of the molecule is COc1cc(/C=N\NC(=O)CCc2n[nH]c(=O)[nH]c2=O)cc([N+](=O)[O-])c1O. The Morgan fingerprint density at radius 1 is 1.48 bits per heavy atom. The molecule has 0 aliphatic carbocycles. The molecule has 1 heterocycles. The van der Waals surface area contributed by atoms with Gasteiger partial charge in [-0.25, -0.2) is 15.3 Å². The third-order valence-electron chi connectivity index (χ3n) is 3.27. The molecule has 1 aromatic carbocycles. The molecule has 0 fully saturated rings. The van der Waals surface area contributed by atoms with Gasteiger partial charge in [0.1, 0.15) is 5.69 Å². The van der Waals surface area contributed by atoms with Gasteiger partial charge in [0.2, 0.25) is 11.7 Å². The number of H-pyrrole nitrogens is 2. The van der Waals surface area contributed by atoms with E-state index >= 15 is 0 Å². The second kappa shape index (κ2) is 8.37. The standard InChI is InChI=1S/C14H14N6O7/c1-27-10-5-7(4-9(12(10)22)20(25)26)6-15-18-11(21)3-2-8-13(23)16-14(24)19-17-8/h4-6,22H,2-3H2,1H3,(H,18,21)(H2,16,19,23,24)/b15-6-. The fraction of sp³-hybridized carbons (Fsp3) is 0.214. The molecule has 4 N–H and O–H groups in total. The van der Waals surface area contributed by atoms with Crippen molar-refractivity contribution in [3.05, 3.63) is 54.3 Å². The van der Waals surface area contributed by atoms with Crippen LogP contribution in [0.1, 0.15) is 17.7 Å². The van der Waals surface area contributed by atoms with Crippen molar-refractivity contribution in [3.8, 4) is 11.5 Å². The number of nitrogens with one attached hydrogen (secondary N) is 3. The number of ether oxygens (including phenoxy) is 1. The number of nitro groups is 1. The van der Waals surface area contributed by atoms with E-state index in [0.717, 1.165) is 12.3 Å². The number of methoxy groups -OCH3 is 1. The van der Waals surface area contributed by atoms with E-state index in [2.05, 4.69) is 15.6 Å². The number of nitro benzene ring substituents is 1. The van der Waals surface area contributed by atoms with Crippen LogP contribution >= 0.6 is 0 Å². The molecular formula is C14H14N6O7. The van der Waals surface area contributed by atoms with Gasteiger partial charge in [-0.05, 0) is 6.07 Å². The summed E-state index contributed by atoms with van der Waals surface area (Å²) in [6, 6.07) is 2.35. The third-order valence-corrected chi connectivity index (χ3v) is 3.27. The van der Waals surface area contributed by atoms with Crippen LogP contribution in [0, 0.1) is 10.1 Å². The summed E-state index contributed by atoms with van der Waals surface area (Å²) in [5.74, 6) is -1.30. The molecule has 0 atom stereocenters. The molecule has 0 saturated carbocycles. The summed E-state index contributed by atoms with van der Waals surface area (Å²) in [5.41, 5.74) is 0.334. The van der Waals surface area contributed by atoms with Gasteiger partial charge in [0.05, 0.1) is 18.2 Å². The molecule has 142 valence electrons. The first-order valence-electron chi connectivity index (χ1n) is 7.37. The van der Waals surface area contributed by atoms with E-state index < -0.39 is 33.5 Å². The van der Waals surface area contributed by atoms with Gasteiger partial charge in [-0.1, -0.05) is 0 Å². The van der Waals surface area contributed by atoms with Crippen molar-refractivity contribution >= 4 is 17.8 Å². The number of carbonyl (C=O) groups excluding carboxylic acids is 1. The zero-order valence-electron chi connectivity index (χ0n) is 13.9. The van der Waals surface area contributed by atoms with Crippen LogP contribution in [0.2, 0.25) is 0 Å². The highest BCUT2D eigenvalue weighted by Gasteiger charge is 2.19. The number of rotatable bonds is 7. The van der Waals surface area contributed by atoms with Gasteiger partial charge in [-0.3, -0.25) is 24.7 Å². The Hall–Kier alpha value is -4.03. The monoisotopic (exact) mass is 378 g/mol. The molecule has 0 aliphatic heterocycles. The van der Waals surface area contributed by atoms with Crippen LogP contribution in [0.25, 0.3) is 0 Å². The highest BCUT2D eigenvalue weighted by molar-refractivity contribution is 5.84. The molecule has 0 radical (unpaired) electrons. The van der Waals surface area contributed by atoms with Crippen molar-refractivity contribution in [1.29, 1.82) is 0 Å². The van der Waals surface area contributed by atoms with E-state index in [1.165, 1.54) is 13.2 Å². The second-order valence-corrected chi connectivity index (χ2v) is 5.09. The number of amides is 1. The zero-order valence-corrected chi connectivity index (χ0v) is 13.9. The number of benzene rings is 1. The van der Waals surface area contributed by atoms with Crippen LogP contribution in [0.4, 0.5) is 5.69 Å². The highest BCUT2D eigenvalue weighted by Crippen LogP contribution is 2.36. The van der Waals surface area contributed by atoms with Gasteiger partial charge in [0.25, 0.3) is 5.56 Å². The summed E-state index contributed by atoms with van der Waals surface area (Å²) < 4.78 is 4.84. The van der Waals surface area contributed by atoms with Crippen LogP contribution in [0.15, 0.2) is 26.8 Å². The average molecular weight is 378 g/mol. The minimum absolute atomic E-state index is 0.0207. The van der Waals surface area contributed by atoms with Gasteiger partial charge >= 0.3 is 11.4 Å². The molecule has 2 rings (SSSR count). The molecule has 27 heavy (non-hydrogen) atoms. The van der Waals surface area contributed by atoms with E-state index in [1.807, 2.05) is 10.1 Å². The number of hydrogen-bond acceptors (Lipinski definition) is 9. The fourth-order valence-corrected chi connectivity index (χ4v) is 1.99. The van der Waals surface area contributed by atoms with Gasteiger partial charge in [0, 0.05) is 24.5 Å². The van der Waals surface area contributed by atoms with Gasteiger partial charge in [0.15, 0.2) is 5.75 Å². The lowest BCUT2D eigenvalue weighted by atomic mass is 10.2. The topological polar surface area (TPSA) is 193 Å². The van der Waals surface area contributed by atoms with Crippen molar-refractivity contribution in [2.45, 2.75) is 12.8 Å². The Morgan fingerprint density at radius 2 is 2.22 bits per heavy atom. The van der Waals surface area contributed by atoms with Crippen molar-refractivity contribution in [1.82, 2.24) is 20.6 Å². The first-order valence-corrected chi connectivity index (χ1v) is 7.37. The van der Waals surface area contributed by atoms with Crippen LogP contribution in [0.5, 0.6) is 11.5 Å². The van der Waals surface area contributed by atoms with E-state index in [9.17, 15) is 29.6 Å². The third kappa shape index (κ3) is 4.97. The summed E-state index contributed by atoms with van der Waals surface area (Å²) in [6.07, 6.45) is 0.947. The van der Waals surface area contributed by atoms with Crippen molar-refractivity contribution in [3.63, 3.8) is 0 Å². The van der Waals surface area contributed by atoms with Crippen molar-refractivity contribution < 1.29 is 19.6 Å². The summed E-state index contributed by atoms with van der Waals surface area (Å²) in [5, 5.41) is 29.8. The molecule has 2 aromatic rings. The van der Waals surface area contributed by atoms with Gasteiger partial charge < -0.3 is 9.84 Å². The normalized spacial score (nSPS) is 10.7. The molecule has 13 heteroatoms. The van der Waals surface area contributed by atoms with E-state index in [4.69, 9.17) is 4.74 Å². The first kappa shape index (κ1) is 19.3. The highest BCUT2D eigenvalue weighted by atomic mass is 16.6. The Labute approximate surface area is 149 Å². The van der Waals surface area contributed by atoms with Gasteiger partial charge in [-0.15, -0.1) is 0 Å². The maximum Gasteiger partial charge on any atom is 0.342 e. The lowest BCUT2D eigenvalue weighted by Crippen LogP contribution is -2.28. The van der Waals surface area contributed by atoms with E-state index in [-0.39, 0.29) is 29.8 Å². The lowest BCUT2D eigenvalue weighted by Gasteiger charge is -2.05. The predicted molar refractivity (Wildman–Crippen MR) is 90.8 cm³/mol. The summed E-state index contributed by atoms with van der Waals surface area (Å²) in [7, 11) is 1.23. The number of aryl methyl sites for hydroxylation is 1. The van der Waals surface area contributed by atoms with Crippen molar-refractivity contribution in [2.75, 3.05) is 7.11 Å². The largest absolute Gasteiger partial charge is 0.500 e. The smallest absolute Gasteiger partial charge is 0.342 e.